The topological polar surface area (TPSA) is 78.5 Å². The van der Waals surface area contributed by atoms with Crippen LogP contribution in [0.3, 0.4) is 0 Å². The van der Waals surface area contributed by atoms with Crippen LogP contribution < -0.4 is 10.4 Å². The molecule has 1 aliphatic rings. The minimum absolute atomic E-state index is 0.287. The smallest absolute Gasteiger partial charge is 0.230 e. The van der Waals surface area contributed by atoms with E-state index >= 15 is 0 Å². The predicted octanol–water partition coefficient (Wildman–Crippen LogP) is 1.87. The molecule has 5 nitrogen and oxygen atoms in total. The summed E-state index contributed by atoms with van der Waals surface area (Å²) in [5.41, 5.74) is 0.382. The van der Waals surface area contributed by atoms with Gasteiger partial charge in [-0.05, 0) is 31.0 Å². The number of hydrogen-bond acceptors (Lipinski definition) is 4. The number of carbonyl (C=O) groups excluding carboxylic acids is 2. The molecule has 0 radical (unpaired) electrons. The second kappa shape index (κ2) is 7.11. The van der Waals surface area contributed by atoms with Crippen molar-refractivity contribution in [2.45, 2.75) is 25.4 Å². The molecule has 0 saturated carbocycles. The van der Waals surface area contributed by atoms with Gasteiger partial charge in [0.05, 0.1) is 22.7 Å². The molecule has 114 valence electrons. The number of anilines is 1. The number of carboxylic acid groups (broad SMARTS) is 1. The van der Waals surface area contributed by atoms with E-state index in [2.05, 4.69) is 5.32 Å². The van der Waals surface area contributed by atoms with E-state index in [4.69, 9.17) is 27.9 Å². The molecule has 7 heteroatoms. The summed E-state index contributed by atoms with van der Waals surface area (Å²) in [7, 11) is 0. The van der Waals surface area contributed by atoms with Gasteiger partial charge in [-0.25, -0.2) is 0 Å². The minimum Gasteiger partial charge on any atom is -0.550 e. The number of carboxylic acids is 1. The molecule has 1 amide bonds. The molecule has 0 bridgehead atoms. The number of hydrogen-bond donors (Lipinski definition) is 1. The van der Waals surface area contributed by atoms with E-state index in [0.29, 0.717) is 23.7 Å². The lowest BCUT2D eigenvalue weighted by molar-refractivity contribution is -0.307. The van der Waals surface area contributed by atoms with Crippen molar-refractivity contribution in [1.29, 1.82) is 0 Å². The van der Waals surface area contributed by atoms with E-state index in [9.17, 15) is 14.7 Å². The number of carbonyl (C=O) groups is 2. The first-order valence-corrected chi connectivity index (χ1v) is 7.30. The van der Waals surface area contributed by atoms with Crippen molar-refractivity contribution in [2.75, 3.05) is 11.9 Å². The van der Waals surface area contributed by atoms with Gasteiger partial charge in [0.2, 0.25) is 5.91 Å². The second-order valence-electron chi connectivity index (χ2n) is 4.85. The van der Waals surface area contributed by atoms with Crippen LogP contribution in [0.1, 0.15) is 19.3 Å². The largest absolute Gasteiger partial charge is 0.550 e. The van der Waals surface area contributed by atoms with E-state index < -0.39 is 23.9 Å². The van der Waals surface area contributed by atoms with E-state index in [0.717, 1.165) is 6.42 Å². The summed E-state index contributed by atoms with van der Waals surface area (Å²) < 4.78 is 5.42. The zero-order chi connectivity index (χ0) is 15.4. The van der Waals surface area contributed by atoms with E-state index in [-0.39, 0.29) is 11.4 Å². The molecule has 0 aliphatic carbocycles. The lowest BCUT2D eigenvalue weighted by Gasteiger charge is -2.23. The van der Waals surface area contributed by atoms with Crippen LogP contribution >= 0.6 is 23.2 Å². The highest BCUT2D eigenvalue weighted by molar-refractivity contribution is 6.36. The zero-order valence-electron chi connectivity index (χ0n) is 11.1. The maximum Gasteiger partial charge on any atom is 0.230 e. The molecular formula is C14H14Cl2NO4-. The standard InChI is InChI=1S/C14H15Cl2NO4/c15-8-3-4-11(10(16)6-8)17-14(20)9(7-13(18)19)12-2-1-5-21-12/h3-4,6,9,12H,1-2,5,7H2,(H,17,20)(H,18,19)/p-1/t9-,12-/m1/s1. The summed E-state index contributed by atoms with van der Waals surface area (Å²) in [6.07, 6.45) is 0.666. The first kappa shape index (κ1) is 16.1. The molecule has 1 aromatic carbocycles. The monoisotopic (exact) mass is 330 g/mol. The number of ether oxygens (including phenoxy) is 1. The van der Waals surface area contributed by atoms with Gasteiger partial charge in [0, 0.05) is 24.0 Å². The average molecular weight is 331 g/mol. The van der Waals surface area contributed by atoms with Crippen LogP contribution in [-0.4, -0.2) is 24.6 Å². The minimum atomic E-state index is -1.28. The third-order valence-corrected chi connectivity index (χ3v) is 3.87. The molecule has 2 atom stereocenters. The molecule has 1 N–H and O–H groups in total. The maximum atomic E-state index is 12.3. The fourth-order valence-electron chi connectivity index (χ4n) is 2.31. The number of rotatable bonds is 5. The van der Waals surface area contributed by atoms with Crippen LogP contribution in [-0.2, 0) is 14.3 Å². The van der Waals surface area contributed by atoms with Crippen molar-refractivity contribution in [2.24, 2.45) is 5.92 Å². The van der Waals surface area contributed by atoms with Gasteiger partial charge in [0.25, 0.3) is 0 Å². The molecular weight excluding hydrogens is 317 g/mol. The van der Waals surface area contributed by atoms with Gasteiger partial charge in [-0.2, -0.15) is 0 Å². The van der Waals surface area contributed by atoms with Crippen LogP contribution in [0.4, 0.5) is 5.69 Å². The van der Waals surface area contributed by atoms with Crippen molar-refractivity contribution in [3.8, 4) is 0 Å². The Labute approximate surface area is 132 Å². The molecule has 2 rings (SSSR count). The number of aliphatic carboxylic acids is 1. The quantitative estimate of drug-likeness (QED) is 0.893. The molecule has 0 aromatic heterocycles. The van der Waals surface area contributed by atoms with Crippen molar-refractivity contribution < 1.29 is 19.4 Å². The molecule has 21 heavy (non-hydrogen) atoms. The third kappa shape index (κ3) is 4.33. The van der Waals surface area contributed by atoms with Crippen molar-refractivity contribution in [3.05, 3.63) is 28.2 Å². The maximum absolute atomic E-state index is 12.3. The number of halogens is 2. The number of nitrogens with one attached hydrogen (secondary N) is 1. The Morgan fingerprint density at radius 1 is 1.43 bits per heavy atom. The Bertz CT molecular complexity index is 544. The third-order valence-electron chi connectivity index (χ3n) is 3.33. The zero-order valence-corrected chi connectivity index (χ0v) is 12.6. The second-order valence-corrected chi connectivity index (χ2v) is 5.69. The van der Waals surface area contributed by atoms with Crippen LogP contribution in [0.5, 0.6) is 0 Å². The van der Waals surface area contributed by atoms with Crippen molar-refractivity contribution in [1.82, 2.24) is 0 Å². The molecule has 1 saturated heterocycles. The van der Waals surface area contributed by atoms with Gasteiger partial charge in [0.1, 0.15) is 0 Å². The van der Waals surface area contributed by atoms with Gasteiger partial charge >= 0.3 is 0 Å². The molecule has 1 fully saturated rings. The fraction of sp³-hybridized carbons (Fsp3) is 0.429. The average Bonchev–Trinajstić information content (AvgIpc) is 2.92. The van der Waals surface area contributed by atoms with Gasteiger partial charge in [-0.15, -0.1) is 0 Å². The summed E-state index contributed by atoms with van der Waals surface area (Å²) in [6.45, 7) is 0.531. The first-order valence-electron chi connectivity index (χ1n) is 6.54. The van der Waals surface area contributed by atoms with Crippen LogP contribution in [0, 0.1) is 5.92 Å². The van der Waals surface area contributed by atoms with Gasteiger partial charge in [-0.3, -0.25) is 4.79 Å². The van der Waals surface area contributed by atoms with Crippen molar-refractivity contribution in [3.63, 3.8) is 0 Å². The van der Waals surface area contributed by atoms with Crippen LogP contribution in [0.2, 0.25) is 10.0 Å². The van der Waals surface area contributed by atoms with Crippen LogP contribution in [0.25, 0.3) is 0 Å². The Balaban J connectivity index is 2.11. The summed E-state index contributed by atoms with van der Waals surface area (Å²) in [5.74, 6) is -2.53. The highest BCUT2D eigenvalue weighted by Crippen LogP contribution is 2.28. The Morgan fingerprint density at radius 2 is 2.19 bits per heavy atom. The fourth-order valence-corrected chi connectivity index (χ4v) is 2.76. The lowest BCUT2D eigenvalue weighted by atomic mass is 9.95. The molecule has 1 aliphatic heterocycles. The Kier molecular flexibility index (Phi) is 5.45. The van der Waals surface area contributed by atoms with Crippen LogP contribution in [0.15, 0.2) is 18.2 Å². The summed E-state index contributed by atoms with van der Waals surface area (Å²) >= 11 is 11.8. The molecule has 0 spiro atoms. The van der Waals surface area contributed by atoms with Gasteiger partial charge in [-0.1, -0.05) is 23.2 Å². The van der Waals surface area contributed by atoms with E-state index in [1.807, 2.05) is 0 Å². The molecule has 1 aromatic rings. The summed E-state index contributed by atoms with van der Waals surface area (Å²) in [6, 6.07) is 4.65. The van der Waals surface area contributed by atoms with E-state index in [1.165, 1.54) is 6.07 Å². The normalized spacial score (nSPS) is 19.2. The molecule has 0 unspecified atom stereocenters. The first-order chi connectivity index (χ1) is 9.97. The number of benzene rings is 1. The summed E-state index contributed by atoms with van der Waals surface area (Å²) in [4.78, 5) is 23.1. The van der Waals surface area contributed by atoms with Gasteiger partial charge in [0.15, 0.2) is 0 Å². The summed E-state index contributed by atoms with van der Waals surface area (Å²) in [5, 5.41) is 14.2. The number of amides is 1. The molecule has 1 heterocycles. The van der Waals surface area contributed by atoms with E-state index in [1.54, 1.807) is 12.1 Å². The Hall–Kier alpha value is -1.30. The predicted molar refractivity (Wildman–Crippen MR) is 77.2 cm³/mol. The van der Waals surface area contributed by atoms with Gasteiger partial charge < -0.3 is 20.0 Å². The highest BCUT2D eigenvalue weighted by atomic mass is 35.5. The highest BCUT2D eigenvalue weighted by Gasteiger charge is 2.32. The van der Waals surface area contributed by atoms with Crippen molar-refractivity contribution >= 4 is 40.8 Å². The lowest BCUT2D eigenvalue weighted by Crippen LogP contribution is -2.38. The SMILES string of the molecule is O=C([O-])C[C@@H](C(=O)Nc1ccc(Cl)cc1Cl)[C@H]1CCCO1. The Morgan fingerprint density at radius 3 is 2.76 bits per heavy atom.